The van der Waals surface area contributed by atoms with Crippen LogP contribution in [0.15, 0.2) is 43.0 Å². The largest absolute Gasteiger partial charge is 0.440 e. The van der Waals surface area contributed by atoms with Gasteiger partial charge >= 0.3 is 12.3 Å². The second-order valence-electron chi connectivity index (χ2n) is 4.25. The van der Waals surface area contributed by atoms with Gasteiger partial charge in [0.15, 0.2) is 6.61 Å². The topological polar surface area (TPSA) is 56.2 Å². The number of alkyl halides is 3. The predicted molar refractivity (Wildman–Crippen MR) is 68.8 cm³/mol. The highest BCUT2D eigenvalue weighted by atomic mass is 19.4. The Hall–Kier alpha value is -2.51. The fourth-order valence-corrected chi connectivity index (χ4v) is 1.64. The Morgan fingerprint density at radius 2 is 2.19 bits per heavy atom. The molecule has 1 aromatic heterocycles. The number of nitrogens with zero attached hydrogens (tertiary/aromatic N) is 2. The van der Waals surface area contributed by atoms with E-state index in [0.717, 1.165) is 5.56 Å². The number of rotatable bonds is 4. The van der Waals surface area contributed by atoms with Crippen LogP contribution >= 0.6 is 0 Å². The summed E-state index contributed by atoms with van der Waals surface area (Å²) in [7, 11) is 0. The van der Waals surface area contributed by atoms with Gasteiger partial charge in [-0.2, -0.15) is 13.2 Å². The zero-order valence-corrected chi connectivity index (χ0v) is 10.8. The molecule has 0 saturated heterocycles. The van der Waals surface area contributed by atoms with E-state index in [1.54, 1.807) is 36.9 Å². The molecule has 0 radical (unpaired) electrons. The predicted octanol–water partition coefficient (Wildman–Crippen LogP) is 3.04. The number of carbonyl (C=O) groups is 1. The van der Waals surface area contributed by atoms with Crippen LogP contribution in [0.5, 0.6) is 0 Å². The van der Waals surface area contributed by atoms with E-state index in [4.69, 9.17) is 0 Å². The summed E-state index contributed by atoms with van der Waals surface area (Å²) in [4.78, 5) is 15.1. The fraction of sp³-hybridized carbons (Fsp3) is 0.231. The third kappa shape index (κ3) is 5.17. The number of hydrogen-bond acceptors (Lipinski definition) is 3. The smallest absolute Gasteiger partial charge is 0.422 e. The minimum atomic E-state index is -4.54. The Morgan fingerprint density at radius 1 is 1.38 bits per heavy atom. The van der Waals surface area contributed by atoms with Gasteiger partial charge < -0.3 is 9.30 Å². The van der Waals surface area contributed by atoms with Crippen molar-refractivity contribution < 1.29 is 22.7 Å². The van der Waals surface area contributed by atoms with Crippen molar-refractivity contribution in [3.05, 3.63) is 48.5 Å². The van der Waals surface area contributed by atoms with E-state index >= 15 is 0 Å². The van der Waals surface area contributed by atoms with Gasteiger partial charge in [0.05, 0.1) is 6.33 Å². The SMILES string of the molecule is O=C(Nc1cccc(Cn2ccnc2)c1)OCC(F)(F)F. The van der Waals surface area contributed by atoms with E-state index in [2.05, 4.69) is 15.0 Å². The molecule has 21 heavy (non-hydrogen) atoms. The third-order valence-corrected chi connectivity index (χ3v) is 2.46. The Morgan fingerprint density at radius 3 is 2.86 bits per heavy atom. The standard InChI is InChI=1S/C13H12F3N3O2/c14-13(15,16)8-21-12(20)18-11-3-1-2-10(6-11)7-19-5-4-17-9-19/h1-6,9H,7-8H2,(H,18,20). The molecule has 0 saturated carbocycles. The molecule has 8 heteroatoms. The Bertz CT molecular complexity index is 597. The van der Waals surface area contributed by atoms with Gasteiger partial charge in [0.25, 0.3) is 0 Å². The molecule has 0 atom stereocenters. The lowest BCUT2D eigenvalue weighted by molar-refractivity contribution is -0.159. The molecule has 0 aliphatic heterocycles. The highest BCUT2D eigenvalue weighted by Gasteiger charge is 2.29. The van der Waals surface area contributed by atoms with Crippen LogP contribution in [0.3, 0.4) is 0 Å². The van der Waals surface area contributed by atoms with Gasteiger partial charge in [-0.05, 0) is 17.7 Å². The number of carbonyl (C=O) groups excluding carboxylic acids is 1. The molecular formula is C13H12F3N3O2. The van der Waals surface area contributed by atoms with Crippen molar-refractivity contribution in [2.75, 3.05) is 11.9 Å². The molecule has 1 aromatic carbocycles. The number of nitrogens with one attached hydrogen (secondary N) is 1. The fourth-order valence-electron chi connectivity index (χ4n) is 1.64. The van der Waals surface area contributed by atoms with Crippen LogP contribution in [-0.4, -0.2) is 28.4 Å². The first-order valence-electron chi connectivity index (χ1n) is 5.97. The first kappa shape index (κ1) is 14.9. The van der Waals surface area contributed by atoms with Crippen LogP contribution < -0.4 is 5.32 Å². The summed E-state index contributed by atoms with van der Waals surface area (Å²) >= 11 is 0. The molecule has 0 unspecified atom stereocenters. The zero-order chi connectivity index (χ0) is 15.3. The minimum Gasteiger partial charge on any atom is -0.440 e. The highest BCUT2D eigenvalue weighted by Crippen LogP contribution is 2.16. The summed E-state index contributed by atoms with van der Waals surface area (Å²) in [6.07, 6.45) is -0.640. The van der Waals surface area contributed by atoms with E-state index in [-0.39, 0.29) is 0 Å². The van der Waals surface area contributed by atoms with Gasteiger partial charge in [-0.25, -0.2) is 9.78 Å². The number of halogens is 3. The molecule has 5 nitrogen and oxygen atoms in total. The van der Waals surface area contributed by atoms with Crippen molar-refractivity contribution in [3.8, 4) is 0 Å². The van der Waals surface area contributed by atoms with E-state index in [0.29, 0.717) is 12.2 Å². The second-order valence-corrected chi connectivity index (χ2v) is 4.25. The van der Waals surface area contributed by atoms with Gasteiger partial charge in [-0.15, -0.1) is 0 Å². The molecule has 0 aliphatic rings. The first-order valence-corrected chi connectivity index (χ1v) is 5.97. The van der Waals surface area contributed by atoms with Gasteiger partial charge in [0.2, 0.25) is 0 Å². The molecular weight excluding hydrogens is 287 g/mol. The Labute approximate surface area is 118 Å². The van der Waals surface area contributed by atoms with Crippen LogP contribution in [0, 0.1) is 0 Å². The number of imidazole rings is 1. The van der Waals surface area contributed by atoms with E-state index in [9.17, 15) is 18.0 Å². The van der Waals surface area contributed by atoms with Crippen molar-refractivity contribution >= 4 is 11.8 Å². The van der Waals surface area contributed by atoms with Crippen molar-refractivity contribution in [1.29, 1.82) is 0 Å². The van der Waals surface area contributed by atoms with Crippen molar-refractivity contribution in [2.24, 2.45) is 0 Å². The van der Waals surface area contributed by atoms with Gasteiger partial charge in [-0.3, -0.25) is 5.32 Å². The lowest BCUT2D eigenvalue weighted by atomic mass is 10.2. The molecule has 1 amide bonds. The first-order chi connectivity index (χ1) is 9.92. The Kier molecular flexibility index (Phi) is 4.46. The van der Waals surface area contributed by atoms with Crippen LogP contribution in [0.1, 0.15) is 5.56 Å². The maximum atomic E-state index is 11.9. The van der Waals surface area contributed by atoms with Crippen molar-refractivity contribution in [2.45, 2.75) is 12.7 Å². The molecule has 112 valence electrons. The van der Waals surface area contributed by atoms with Crippen LogP contribution in [0.25, 0.3) is 0 Å². The van der Waals surface area contributed by atoms with Gasteiger partial charge in [0.1, 0.15) is 0 Å². The van der Waals surface area contributed by atoms with Crippen molar-refractivity contribution in [1.82, 2.24) is 9.55 Å². The summed E-state index contributed by atoms with van der Waals surface area (Å²) in [5, 5.41) is 2.25. The monoisotopic (exact) mass is 299 g/mol. The third-order valence-electron chi connectivity index (χ3n) is 2.46. The summed E-state index contributed by atoms with van der Waals surface area (Å²) < 4.78 is 41.6. The molecule has 1 heterocycles. The highest BCUT2D eigenvalue weighted by molar-refractivity contribution is 5.84. The maximum absolute atomic E-state index is 11.9. The molecule has 0 spiro atoms. The second kappa shape index (κ2) is 6.29. The number of benzene rings is 1. The number of ether oxygens (including phenoxy) is 1. The number of hydrogen-bond donors (Lipinski definition) is 1. The lowest BCUT2D eigenvalue weighted by Gasteiger charge is -2.10. The van der Waals surface area contributed by atoms with E-state index < -0.39 is 18.9 Å². The lowest BCUT2D eigenvalue weighted by Crippen LogP contribution is -2.23. The maximum Gasteiger partial charge on any atom is 0.422 e. The zero-order valence-electron chi connectivity index (χ0n) is 10.8. The quantitative estimate of drug-likeness (QED) is 0.944. The Balaban J connectivity index is 1.93. The molecule has 0 fully saturated rings. The van der Waals surface area contributed by atoms with Crippen LogP contribution in [0.2, 0.25) is 0 Å². The van der Waals surface area contributed by atoms with Crippen molar-refractivity contribution in [3.63, 3.8) is 0 Å². The summed E-state index contributed by atoms with van der Waals surface area (Å²) in [5.41, 5.74) is 1.22. The molecule has 0 bridgehead atoms. The van der Waals surface area contributed by atoms with E-state index in [1.165, 1.54) is 0 Å². The molecule has 2 aromatic rings. The van der Waals surface area contributed by atoms with Gasteiger partial charge in [0, 0.05) is 24.6 Å². The average molecular weight is 299 g/mol. The minimum absolute atomic E-state index is 0.361. The number of aromatic nitrogens is 2. The van der Waals surface area contributed by atoms with E-state index in [1.807, 2.05) is 10.6 Å². The summed E-state index contributed by atoms with van der Waals surface area (Å²) in [5.74, 6) is 0. The molecule has 1 N–H and O–H groups in total. The number of anilines is 1. The summed E-state index contributed by atoms with van der Waals surface area (Å²) in [6, 6.07) is 6.72. The van der Waals surface area contributed by atoms with Crippen LogP contribution in [0.4, 0.5) is 23.7 Å². The average Bonchev–Trinajstić information content (AvgIpc) is 2.89. The van der Waals surface area contributed by atoms with Gasteiger partial charge in [-0.1, -0.05) is 12.1 Å². The van der Waals surface area contributed by atoms with Crippen LogP contribution in [-0.2, 0) is 11.3 Å². The number of amides is 1. The summed E-state index contributed by atoms with van der Waals surface area (Å²) in [6.45, 7) is -1.08. The normalized spacial score (nSPS) is 11.2. The molecule has 0 aliphatic carbocycles. The molecule has 2 rings (SSSR count).